The molecule has 5 nitrogen and oxygen atoms in total. The first-order valence-corrected chi connectivity index (χ1v) is 7.44. The summed E-state index contributed by atoms with van der Waals surface area (Å²) in [5.74, 6) is -0.214. The number of thiocarbonyl (C=S) groups is 1. The van der Waals surface area contributed by atoms with Gasteiger partial charge in [0.05, 0.1) is 0 Å². The van der Waals surface area contributed by atoms with Gasteiger partial charge in [-0.3, -0.25) is 0 Å². The van der Waals surface area contributed by atoms with E-state index < -0.39 is 12.2 Å². The Morgan fingerprint density at radius 2 is 1.91 bits per heavy atom. The highest BCUT2D eigenvalue weighted by Gasteiger charge is 2.39. The maximum Gasteiger partial charge on any atom is 0.405 e. The summed E-state index contributed by atoms with van der Waals surface area (Å²) < 4.78 is 5.23. The Kier molecular flexibility index (Phi) is 4.42. The average Bonchev–Trinajstić information content (AvgIpc) is 2.80. The highest BCUT2D eigenvalue weighted by molar-refractivity contribution is 7.80. The highest BCUT2D eigenvalue weighted by Crippen LogP contribution is 2.42. The molecule has 0 spiro atoms. The largest absolute Gasteiger partial charge is 0.438 e. The Morgan fingerprint density at radius 3 is 2.45 bits per heavy atom. The lowest BCUT2D eigenvalue weighted by Gasteiger charge is -2.35. The first kappa shape index (κ1) is 16.3. The maximum absolute atomic E-state index is 11.3. The van der Waals surface area contributed by atoms with Crippen LogP contribution >= 0.6 is 12.2 Å². The van der Waals surface area contributed by atoms with Gasteiger partial charge in [-0.05, 0) is 17.0 Å². The minimum Gasteiger partial charge on any atom is -0.438 e. The third-order valence-corrected chi connectivity index (χ3v) is 3.95. The number of nitrogens with two attached hydrogens (primary N) is 2. The topological polar surface area (TPSA) is 94.1 Å². The fourth-order valence-corrected chi connectivity index (χ4v) is 3.03. The number of aromatic amines is 1. The van der Waals surface area contributed by atoms with E-state index in [-0.39, 0.29) is 16.3 Å². The number of benzene rings is 1. The molecular weight excluding hydrogens is 298 g/mol. The van der Waals surface area contributed by atoms with Crippen molar-refractivity contribution in [3.05, 3.63) is 36.0 Å². The van der Waals surface area contributed by atoms with Gasteiger partial charge in [0.25, 0.3) is 0 Å². The molecule has 1 heterocycles. The van der Waals surface area contributed by atoms with Crippen LogP contribution in [0.15, 0.2) is 30.5 Å². The van der Waals surface area contributed by atoms with Gasteiger partial charge < -0.3 is 21.2 Å². The quantitative estimate of drug-likeness (QED) is 0.755. The number of H-pyrrole nitrogens is 1. The molecular formula is C16H21N3O2S. The molecule has 1 unspecified atom stereocenters. The van der Waals surface area contributed by atoms with E-state index >= 15 is 0 Å². The van der Waals surface area contributed by atoms with Crippen molar-refractivity contribution >= 4 is 34.2 Å². The van der Waals surface area contributed by atoms with Crippen molar-refractivity contribution in [2.75, 3.05) is 0 Å². The maximum atomic E-state index is 11.3. The molecule has 2 atom stereocenters. The summed E-state index contributed by atoms with van der Waals surface area (Å²) in [4.78, 5) is 14.6. The zero-order valence-corrected chi connectivity index (χ0v) is 13.7. The van der Waals surface area contributed by atoms with Crippen molar-refractivity contribution in [1.82, 2.24) is 4.98 Å². The summed E-state index contributed by atoms with van der Waals surface area (Å²) >= 11 is 5.11. The van der Waals surface area contributed by atoms with E-state index in [2.05, 4.69) is 25.8 Å². The summed E-state index contributed by atoms with van der Waals surface area (Å²) in [6.07, 6.45) is 0.273. The molecule has 1 aromatic heterocycles. The Labute approximate surface area is 135 Å². The van der Waals surface area contributed by atoms with Crippen LogP contribution in [0.5, 0.6) is 0 Å². The van der Waals surface area contributed by atoms with Crippen LogP contribution in [0.2, 0.25) is 0 Å². The van der Waals surface area contributed by atoms with Crippen molar-refractivity contribution in [2.24, 2.45) is 16.9 Å². The van der Waals surface area contributed by atoms with Crippen LogP contribution in [0, 0.1) is 5.41 Å². The second kappa shape index (κ2) is 5.96. The molecule has 118 valence electrons. The SMILES string of the molecule is CC(C)(C)[C@@H](c1c[nH]c2ccccc12)C(OC(N)=O)C(N)=S. The minimum atomic E-state index is -0.883. The summed E-state index contributed by atoms with van der Waals surface area (Å²) in [5.41, 5.74) is 12.8. The number of fused-ring (bicyclic) bond motifs is 1. The molecule has 0 saturated heterocycles. The number of primary amides is 1. The fourth-order valence-electron chi connectivity index (χ4n) is 2.85. The molecule has 1 amide bonds. The molecule has 0 saturated carbocycles. The van der Waals surface area contributed by atoms with E-state index in [0.29, 0.717) is 0 Å². The summed E-state index contributed by atoms with van der Waals surface area (Å²) in [6.45, 7) is 6.15. The van der Waals surface area contributed by atoms with Gasteiger partial charge in [0.15, 0.2) is 6.10 Å². The lowest BCUT2D eigenvalue weighted by Crippen LogP contribution is -2.43. The lowest BCUT2D eigenvalue weighted by atomic mass is 9.73. The number of hydrogen-bond acceptors (Lipinski definition) is 3. The predicted molar refractivity (Wildman–Crippen MR) is 91.7 cm³/mol. The number of amides is 1. The van der Waals surface area contributed by atoms with Crippen LogP contribution in [-0.2, 0) is 4.74 Å². The first-order chi connectivity index (χ1) is 10.2. The van der Waals surface area contributed by atoms with Crippen LogP contribution in [0.3, 0.4) is 0 Å². The number of ether oxygens (including phenoxy) is 1. The summed E-state index contributed by atoms with van der Waals surface area (Å²) in [6, 6.07) is 7.92. The van der Waals surface area contributed by atoms with Crippen molar-refractivity contribution in [3.63, 3.8) is 0 Å². The third kappa shape index (κ3) is 3.22. The van der Waals surface area contributed by atoms with E-state index in [4.69, 9.17) is 28.4 Å². The molecule has 6 heteroatoms. The average molecular weight is 319 g/mol. The highest BCUT2D eigenvalue weighted by atomic mass is 32.1. The fraction of sp³-hybridized carbons (Fsp3) is 0.375. The lowest BCUT2D eigenvalue weighted by molar-refractivity contribution is 0.0972. The number of para-hydroxylation sites is 1. The summed E-state index contributed by atoms with van der Waals surface area (Å²) in [7, 11) is 0. The number of nitrogens with one attached hydrogen (secondary N) is 1. The summed E-state index contributed by atoms with van der Waals surface area (Å²) in [5, 5.41) is 1.05. The molecule has 0 aliphatic heterocycles. The predicted octanol–water partition coefficient (Wildman–Crippen LogP) is 3.05. The number of rotatable bonds is 4. The number of carbonyl (C=O) groups excluding carboxylic acids is 1. The Morgan fingerprint density at radius 1 is 1.27 bits per heavy atom. The second-order valence-electron chi connectivity index (χ2n) is 6.39. The molecule has 5 N–H and O–H groups in total. The van der Waals surface area contributed by atoms with Crippen molar-refractivity contribution in [3.8, 4) is 0 Å². The standard InChI is InChI=1S/C16H21N3O2S/c1-16(2,3)12(13(14(17)22)21-15(18)20)10-8-19-11-7-5-4-6-9(10)11/h4-8,12-13,19H,1-3H3,(H2,17,22)(H2,18,20)/t12-,13?/m0/s1. The number of carbonyl (C=O) groups is 1. The molecule has 0 fully saturated rings. The van der Waals surface area contributed by atoms with E-state index in [1.807, 2.05) is 30.5 Å². The molecule has 2 aromatic rings. The molecule has 22 heavy (non-hydrogen) atoms. The van der Waals surface area contributed by atoms with Crippen molar-refractivity contribution in [1.29, 1.82) is 0 Å². The zero-order chi connectivity index (χ0) is 16.5. The van der Waals surface area contributed by atoms with E-state index in [1.54, 1.807) is 0 Å². The molecule has 2 rings (SSSR count). The Bertz CT molecular complexity index is 703. The number of hydrogen-bond donors (Lipinski definition) is 3. The van der Waals surface area contributed by atoms with Gasteiger partial charge in [-0.2, -0.15) is 0 Å². The van der Waals surface area contributed by atoms with Crippen molar-refractivity contribution < 1.29 is 9.53 Å². The van der Waals surface area contributed by atoms with Gasteiger partial charge in [0, 0.05) is 23.0 Å². The molecule has 1 aromatic carbocycles. The van der Waals surface area contributed by atoms with Gasteiger partial charge in [-0.25, -0.2) is 4.79 Å². The van der Waals surface area contributed by atoms with Crippen molar-refractivity contribution in [2.45, 2.75) is 32.8 Å². The van der Waals surface area contributed by atoms with Crippen LogP contribution in [-0.4, -0.2) is 22.2 Å². The minimum absolute atomic E-state index is 0.115. The molecule has 0 aliphatic carbocycles. The van der Waals surface area contributed by atoms with E-state index in [1.165, 1.54) is 0 Å². The Balaban J connectivity index is 2.59. The van der Waals surface area contributed by atoms with Gasteiger partial charge in [0.2, 0.25) is 0 Å². The second-order valence-corrected chi connectivity index (χ2v) is 6.86. The van der Waals surface area contributed by atoms with E-state index in [9.17, 15) is 4.79 Å². The van der Waals surface area contributed by atoms with Crippen LogP contribution in [0.25, 0.3) is 10.9 Å². The number of aromatic nitrogens is 1. The first-order valence-electron chi connectivity index (χ1n) is 7.03. The third-order valence-electron chi connectivity index (χ3n) is 3.72. The van der Waals surface area contributed by atoms with Crippen LogP contribution < -0.4 is 11.5 Å². The molecule has 0 aliphatic rings. The van der Waals surface area contributed by atoms with Crippen LogP contribution in [0.4, 0.5) is 4.79 Å². The zero-order valence-electron chi connectivity index (χ0n) is 12.9. The normalized spacial score (nSPS) is 14.5. The monoisotopic (exact) mass is 319 g/mol. The van der Waals surface area contributed by atoms with Gasteiger partial charge >= 0.3 is 6.09 Å². The Hall–Kier alpha value is -2.08. The van der Waals surface area contributed by atoms with E-state index in [0.717, 1.165) is 16.5 Å². The van der Waals surface area contributed by atoms with Crippen LogP contribution in [0.1, 0.15) is 32.3 Å². The molecule has 0 radical (unpaired) electrons. The molecule has 0 bridgehead atoms. The van der Waals surface area contributed by atoms with Gasteiger partial charge in [-0.1, -0.05) is 51.2 Å². The van der Waals surface area contributed by atoms with Gasteiger partial charge in [0.1, 0.15) is 4.99 Å². The van der Waals surface area contributed by atoms with Gasteiger partial charge in [-0.15, -0.1) is 0 Å². The smallest absolute Gasteiger partial charge is 0.405 e.